The van der Waals surface area contributed by atoms with Crippen molar-refractivity contribution < 1.29 is 4.39 Å². The van der Waals surface area contributed by atoms with Gasteiger partial charge in [0.05, 0.1) is 0 Å². The third-order valence-electron chi connectivity index (χ3n) is 5.29. The fraction of sp³-hybridized carbons (Fsp3) is 0.700. The Hall–Kier alpha value is -0.850. The molecule has 1 saturated carbocycles. The second-order valence-corrected chi connectivity index (χ2v) is 6.84. The van der Waals surface area contributed by atoms with E-state index in [9.17, 15) is 4.39 Å². The first-order valence-corrected chi connectivity index (χ1v) is 8.96. The quantitative estimate of drug-likeness (QED) is 0.466. The van der Waals surface area contributed by atoms with Crippen molar-refractivity contribution in [3.8, 4) is 0 Å². The first-order valence-electron chi connectivity index (χ1n) is 8.96. The van der Waals surface area contributed by atoms with E-state index in [0.29, 0.717) is 5.41 Å². The van der Waals surface area contributed by atoms with Crippen molar-refractivity contribution in [2.75, 3.05) is 0 Å². The Labute approximate surface area is 130 Å². The zero-order valence-electron chi connectivity index (χ0n) is 13.7. The van der Waals surface area contributed by atoms with Gasteiger partial charge < -0.3 is 0 Å². The number of alkyl halides is 1. The van der Waals surface area contributed by atoms with Crippen LogP contribution in [-0.4, -0.2) is 0 Å². The van der Waals surface area contributed by atoms with Crippen LogP contribution in [0.3, 0.4) is 0 Å². The fourth-order valence-electron chi connectivity index (χ4n) is 3.93. The molecule has 1 aromatic rings. The number of hydrogen-bond donors (Lipinski definition) is 0. The third-order valence-corrected chi connectivity index (χ3v) is 5.29. The van der Waals surface area contributed by atoms with Crippen molar-refractivity contribution in [2.24, 2.45) is 0 Å². The molecule has 1 aliphatic rings. The molecule has 118 valence electrons. The van der Waals surface area contributed by atoms with Gasteiger partial charge in [-0.3, -0.25) is 0 Å². The van der Waals surface area contributed by atoms with Crippen LogP contribution in [0, 0.1) is 0 Å². The number of unbranched alkanes of at least 4 members (excludes halogenated alkanes) is 4. The van der Waals surface area contributed by atoms with Crippen molar-refractivity contribution in [1.29, 1.82) is 0 Å². The Balaban J connectivity index is 2.01. The molecule has 0 nitrogen and oxygen atoms in total. The van der Waals surface area contributed by atoms with Crippen LogP contribution in [0.2, 0.25) is 0 Å². The monoisotopic (exact) mass is 290 g/mol. The maximum atomic E-state index is 12.7. The fourth-order valence-corrected chi connectivity index (χ4v) is 3.93. The lowest BCUT2D eigenvalue weighted by molar-refractivity contribution is 0.265. The highest BCUT2D eigenvalue weighted by Gasteiger charge is 2.33. The Kier molecular flexibility index (Phi) is 6.73. The smallest absolute Gasteiger partial charge is 0.115 e. The summed E-state index contributed by atoms with van der Waals surface area (Å²) in [6, 6.07) is 8.38. The summed E-state index contributed by atoms with van der Waals surface area (Å²) in [5.41, 5.74) is 2.67. The molecular weight excluding hydrogens is 259 g/mol. The molecular formula is C20H31F. The molecule has 1 aromatic carbocycles. The van der Waals surface area contributed by atoms with Crippen LogP contribution in [0.15, 0.2) is 24.3 Å². The maximum Gasteiger partial charge on any atom is 0.115 e. The first kappa shape index (κ1) is 16.5. The van der Waals surface area contributed by atoms with Gasteiger partial charge in [0.2, 0.25) is 0 Å². The van der Waals surface area contributed by atoms with Crippen LogP contribution in [0.4, 0.5) is 4.39 Å². The van der Waals surface area contributed by atoms with E-state index in [1.807, 2.05) is 12.1 Å². The van der Waals surface area contributed by atoms with Crippen molar-refractivity contribution in [2.45, 2.75) is 89.6 Å². The van der Waals surface area contributed by atoms with E-state index in [1.54, 1.807) is 0 Å². The molecule has 2 rings (SSSR count). The van der Waals surface area contributed by atoms with Gasteiger partial charge in [-0.1, -0.05) is 82.6 Å². The number of halogens is 1. The van der Waals surface area contributed by atoms with Crippen LogP contribution in [-0.2, 0) is 12.1 Å². The first-order chi connectivity index (χ1) is 10.3. The van der Waals surface area contributed by atoms with Gasteiger partial charge in [-0.15, -0.1) is 0 Å². The average Bonchev–Trinajstić information content (AvgIpc) is 2.56. The minimum absolute atomic E-state index is 0.343. The number of hydrogen-bond acceptors (Lipinski definition) is 0. The highest BCUT2D eigenvalue weighted by Crippen LogP contribution is 2.43. The molecule has 0 heterocycles. The maximum absolute atomic E-state index is 12.7. The van der Waals surface area contributed by atoms with E-state index in [1.165, 1.54) is 76.2 Å². The topological polar surface area (TPSA) is 0 Å². The van der Waals surface area contributed by atoms with Gasteiger partial charge in [-0.05, 0) is 35.8 Å². The summed E-state index contributed by atoms with van der Waals surface area (Å²) < 4.78 is 12.7. The van der Waals surface area contributed by atoms with Crippen LogP contribution >= 0.6 is 0 Å². The molecule has 1 aliphatic carbocycles. The largest absolute Gasteiger partial charge is 0.246 e. The zero-order chi connectivity index (χ0) is 15.0. The Morgan fingerprint density at radius 3 is 2.19 bits per heavy atom. The molecule has 0 bridgehead atoms. The van der Waals surface area contributed by atoms with Crippen LogP contribution in [0.25, 0.3) is 0 Å². The van der Waals surface area contributed by atoms with Crippen LogP contribution < -0.4 is 0 Å². The third kappa shape index (κ3) is 4.56. The second-order valence-electron chi connectivity index (χ2n) is 6.84. The van der Waals surface area contributed by atoms with Crippen LogP contribution in [0.1, 0.15) is 88.7 Å². The van der Waals surface area contributed by atoms with Gasteiger partial charge in [0.1, 0.15) is 6.67 Å². The van der Waals surface area contributed by atoms with E-state index >= 15 is 0 Å². The van der Waals surface area contributed by atoms with Crippen molar-refractivity contribution in [1.82, 2.24) is 0 Å². The predicted octanol–water partition coefficient (Wildman–Crippen LogP) is 6.72. The van der Waals surface area contributed by atoms with Gasteiger partial charge in [0.15, 0.2) is 0 Å². The van der Waals surface area contributed by atoms with E-state index < -0.39 is 0 Å². The summed E-state index contributed by atoms with van der Waals surface area (Å²) in [7, 11) is 0. The summed E-state index contributed by atoms with van der Waals surface area (Å²) in [6.07, 6.45) is 14.9. The molecule has 0 amide bonds. The lowest BCUT2D eigenvalue weighted by atomic mass is 9.66. The van der Waals surface area contributed by atoms with Gasteiger partial charge in [-0.25, -0.2) is 4.39 Å². The van der Waals surface area contributed by atoms with Gasteiger partial charge in [0, 0.05) is 0 Å². The molecule has 21 heavy (non-hydrogen) atoms. The molecule has 0 N–H and O–H groups in total. The molecule has 0 aromatic heterocycles. The molecule has 0 saturated heterocycles. The molecule has 1 fully saturated rings. The summed E-state index contributed by atoms with van der Waals surface area (Å²) in [5.74, 6) is 0. The number of benzene rings is 1. The lowest BCUT2D eigenvalue weighted by Crippen LogP contribution is -2.29. The molecule has 0 spiro atoms. The number of rotatable bonds is 8. The standard InChI is InChI=1S/C20H31F/c1-2-3-4-5-7-14-20(15-8-6-9-16-20)19-12-10-18(17-21)11-13-19/h10-13H,2-9,14-17H2,1H3. The molecule has 0 radical (unpaired) electrons. The Morgan fingerprint density at radius 2 is 1.57 bits per heavy atom. The summed E-state index contributed by atoms with van der Waals surface area (Å²) in [4.78, 5) is 0. The Morgan fingerprint density at radius 1 is 0.905 bits per heavy atom. The van der Waals surface area contributed by atoms with Crippen molar-refractivity contribution in [3.63, 3.8) is 0 Å². The summed E-state index contributed by atoms with van der Waals surface area (Å²) >= 11 is 0. The SMILES string of the molecule is CCCCCCCC1(c2ccc(CF)cc2)CCCCC1. The van der Waals surface area contributed by atoms with Gasteiger partial charge >= 0.3 is 0 Å². The lowest BCUT2D eigenvalue weighted by Gasteiger charge is -2.38. The Bertz CT molecular complexity index is 387. The molecule has 1 heteroatoms. The predicted molar refractivity (Wildman–Crippen MR) is 89.4 cm³/mol. The van der Waals surface area contributed by atoms with E-state index in [0.717, 1.165) is 5.56 Å². The van der Waals surface area contributed by atoms with Gasteiger partial charge in [0.25, 0.3) is 0 Å². The van der Waals surface area contributed by atoms with Gasteiger partial charge in [-0.2, -0.15) is 0 Å². The minimum atomic E-state index is -0.343. The highest BCUT2D eigenvalue weighted by molar-refractivity contribution is 5.29. The highest BCUT2D eigenvalue weighted by atomic mass is 19.1. The molecule has 0 unspecified atom stereocenters. The average molecular weight is 290 g/mol. The van der Waals surface area contributed by atoms with Crippen molar-refractivity contribution in [3.05, 3.63) is 35.4 Å². The van der Waals surface area contributed by atoms with E-state index in [2.05, 4.69) is 19.1 Å². The summed E-state index contributed by atoms with van der Waals surface area (Å²) in [5, 5.41) is 0. The molecule has 0 aliphatic heterocycles. The second kappa shape index (κ2) is 8.56. The summed E-state index contributed by atoms with van der Waals surface area (Å²) in [6.45, 7) is 1.93. The van der Waals surface area contributed by atoms with Crippen molar-refractivity contribution >= 4 is 0 Å². The zero-order valence-corrected chi connectivity index (χ0v) is 13.7. The molecule has 0 atom stereocenters. The van der Waals surface area contributed by atoms with Crippen LogP contribution in [0.5, 0.6) is 0 Å². The van der Waals surface area contributed by atoms with E-state index in [4.69, 9.17) is 0 Å². The minimum Gasteiger partial charge on any atom is -0.246 e. The van der Waals surface area contributed by atoms with E-state index in [-0.39, 0.29) is 6.67 Å². The normalized spacial score (nSPS) is 17.8.